The number of imidazole rings is 1. The summed E-state index contributed by atoms with van der Waals surface area (Å²) in [7, 11) is 0. The summed E-state index contributed by atoms with van der Waals surface area (Å²) in [5.74, 6) is 0.976. The van der Waals surface area contributed by atoms with Crippen LogP contribution in [0, 0.1) is 5.92 Å². The van der Waals surface area contributed by atoms with E-state index in [2.05, 4.69) is 26.7 Å². The summed E-state index contributed by atoms with van der Waals surface area (Å²) in [5, 5.41) is 0. The largest absolute Gasteiger partial charge is 0.436 e. The number of nitrogens with zero attached hydrogens (tertiary/aromatic N) is 3. The third kappa shape index (κ3) is 3.61. The summed E-state index contributed by atoms with van der Waals surface area (Å²) in [6.07, 6.45) is 8.51. The minimum absolute atomic E-state index is 0.208. The number of benzene rings is 2. The van der Waals surface area contributed by atoms with E-state index in [4.69, 9.17) is 10.2 Å². The van der Waals surface area contributed by atoms with Crippen LogP contribution in [0.2, 0.25) is 0 Å². The Morgan fingerprint density at radius 3 is 2.70 bits per heavy atom. The van der Waals surface area contributed by atoms with E-state index in [9.17, 15) is 4.79 Å². The Hall–Kier alpha value is -3.41. The fourth-order valence-electron chi connectivity index (χ4n) is 4.51. The molecule has 152 valence electrons. The molecule has 0 spiro atoms. The summed E-state index contributed by atoms with van der Waals surface area (Å²) in [6, 6.07) is 16.5. The van der Waals surface area contributed by atoms with Crippen LogP contribution < -0.4 is 5.73 Å². The van der Waals surface area contributed by atoms with Crippen LogP contribution in [0.4, 0.5) is 0 Å². The van der Waals surface area contributed by atoms with E-state index in [0.29, 0.717) is 24.3 Å². The number of para-hydroxylation sites is 2. The Morgan fingerprint density at radius 1 is 1.10 bits per heavy atom. The molecule has 2 aromatic heterocycles. The maximum atomic E-state index is 11.1. The molecule has 1 saturated carbocycles. The Kier molecular flexibility index (Phi) is 4.83. The smallest absolute Gasteiger partial charge is 0.227 e. The first-order valence-corrected chi connectivity index (χ1v) is 10.4. The molecule has 1 fully saturated rings. The average molecular weight is 400 g/mol. The molecule has 6 heteroatoms. The lowest BCUT2D eigenvalue weighted by molar-refractivity contribution is -0.118. The number of rotatable bonds is 6. The van der Waals surface area contributed by atoms with Gasteiger partial charge < -0.3 is 14.7 Å². The standard InChI is InChI=1S/C24H24N4O2/c25-23(29)12-6-16-5-11-19(13-16)28-15-26-14-21(28)17-7-9-18(10-8-17)24-27-20-3-1-2-4-22(20)30-24/h1-4,7-10,14-16,19H,5-6,11-13H2,(H2,25,29)/t16-,19+/m0/s1. The van der Waals surface area contributed by atoms with Gasteiger partial charge in [-0.3, -0.25) is 4.79 Å². The van der Waals surface area contributed by atoms with Gasteiger partial charge in [0, 0.05) is 18.0 Å². The van der Waals surface area contributed by atoms with Crippen molar-refractivity contribution in [1.82, 2.24) is 14.5 Å². The zero-order valence-electron chi connectivity index (χ0n) is 16.7. The van der Waals surface area contributed by atoms with Crippen LogP contribution in [-0.2, 0) is 4.79 Å². The number of hydrogen-bond donors (Lipinski definition) is 1. The van der Waals surface area contributed by atoms with Crippen molar-refractivity contribution >= 4 is 17.0 Å². The lowest BCUT2D eigenvalue weighted by atomic mass is 10.0. The van der Waals surface area contributed by atoms with Crippen molar-refractivity contribution in [3.05, 3.63) is 61.1 Å². The van der Waals surface area contributed by atoms with Gasteiger partial charge >= 0.3 is 0 Å². The summed E-state index contributed by atoms with van der Waals surface area (Å²) in [6.45, 7) is 0. The number of oxazole rings is 1. The molecule has 0 saturated heterocycles. The van der Waals surface area contributed by atoms with Gasteiger partial charge in [0.25, 0.3) is 0 Å². The van der Waals surface area contributed by atoms with Gasteiger partial charge in [-0.1, -0.05) is 24.3 Å². The monoisotopic (exact) mass is 400 g/mol. The normalized spacial score (nSPS) is 18.8. The quantitative estimate of drug-likeness (QED) is 0.495. The fourth-order valence-corrected chi connectivity index (χ4v) is 4.51. The molecule has 0 bridgehead atoms. The van der Waals surface area contributed by atoms with Crippen molar-refractivity contribution in [2.24, 2.45) is 11.7 Å². The molecule has 30 heavy (non-hydrogen) atoms. The number of carbonyl (C=O) groups excluding carboxylic acids is 1. The first-order valence-electron chi connectivity index (χ1n) is 10.4. The lowest BCUT2D eigenvalue weighted by Gasteiger charge is -2.16. The molecule has 4 aromatic rings. The number of primary amides is 1. The Labute approximate surface area is 174 Å². The van der Waals surface area contributed by atoms with Crippen LogP contribution in [0.1, 0.15) is 38.1 Å². The van der Waals surface area contributed by atoms with Gasteiger partial charge in [-0.15, -0.1) is 0 Å². The molecule has 2 aromatic carbocycles. The first-order chi connectivity index (χ1) is 14.7. The number of amides is 1. The molecule has 2 heterocycles. The Bertz CT molecular complexity index is 1140. The molecule has 0 aliphatic heterocycles. The van der Waals surface area contributed by atoms with E-state index >= 15 is 0 Å². The molecule has 1 aliphatic carbocycles. The molecule has 2 atom stereocenters. The highest BCUT2D eigenvalue weighted by molar-refractivity contribution is 5.76. The van der Waals surface area contributed by atoms with Crippen LogP contribution >= 0.6 is 0 Å². The van der Waals surface area contributed by atoms with Crippen molar-refractivity contribution in [1.29, 1.82) is 0 Å². The van der Waals surface area contributed by atoms with E-state index in [1.54, 1.807) is 0 Å². The highest BCUT2D eigenvalue weighted by Crippen LogP contribution is 2.39. The molecule has 1 aliphatic rings. The second kappa shape index (κ2) is 7.78. The Morgan fingerprint density at radius 2 is 1.90 bits per heavy atom. The van der Waals surface area contributed by atoms with Gasteiger partial charge in [0.2, 0.25) is 11.8 Å². The molecule has 0 radical (unpaired) electrons. The highest BCUT2D eigenvalue weighted by Gasteiger charge is 2.27. The maximum absolute atomic E-state index is 11.1. The summed E-state index contributed by atoms with van der Waals surface area (Å²) < 4.78 is 8.16. The number of fused-ring (bicyclic) bond motifs is 1. The number of nitrogens with two attached hydrogens (primary N) is 1. The van der Waals surface area contributed by atoms with Crippen molar-refractivity contribution in [3.8, 4) is 22.7 Å². The fraction of sp³-hybridized carbons (Fsp3) is 0.292. The van der Waals surface area contributed by atoms with E-state index in [0.717, 1.165) is 53.6 Å². The van der Waals surface area contributed by atoms with Crippen molar-refractivity contribution < 1.29 is 9.21 Å². The SMILES string of the molecule is NC(=O)CC[C@@H]1CC[C@@H](n2cncc2-c2ccc(-c3nc4ccccc4o3)cc2)C1. The maximum Gasteiger partial charge on any atom is 0.227 e. The van der Waals surface area contributed by atoms with Gasteiger partial charge in [-0.25, -0.2) is 9.97 Å². The molecule has 2 N–H and O–H groups in total. The Balaban J connectivity index is 1.35. The predicted molar refractivity (Wildman–Crippen MR) is 115 cm³/mol. The lowest BCUT2D eigenvalue weighted by Crippen LogP contribution is -2.12. The van der Waals surface area contributed by atoms with E-state index in [1.165, 1.54) is 0 Å². The topological polar surface area (TPSA) is 86.9 Å². The zero-order valence-corrected chi connectivity index (χ0v) is 16.7. The highest BCUT2D eigenvalue weighted by atomic mass is 16.3. The predicted octanol–water partition coefficient (Wildman–Crippen LogP) is 4.97. The van der Waals surface area contributed by atoms with Crippen LogP contribution in [-0.4, -0.2) is 20.4 Å². The number of aromatic nitrogens is 3. The zero-order chi connectivity index (χ0) is 20.5. The van der Waals surface area contributed by atoms with Crippen LogP contribution in [0.3, 0.4) is 0 Å². The number of hydrogen-bond acceptors (Lipinski definition) is 4. The molecule has 6 nitrogen and oxygen atoms in total. The summed E-state index contributed by atoms with van der Waals surface area (Å²) in [5.41, 5.74) is 10.1. The van der Waals surface area contributed by atoms with Crippen LogP contribution in [0.5, 0.6) is 0 Å². The molecular formula is C24H24N4O2. The molecular weight excluding hydrogens is 376 g/mol. The number of carbonyl (C=O) groups is 1. The molecule has 0 unspecified atom stereocenters. The van der Waals surface area contributed by atoms with Gasteiger partial charge in [0.1, 0.15) is 5.52 Å². The van der Waals surface area contributed by atoms with Gasteiger partial charge in [0.05, 0.1) is 18.2 Å². The van der Waals surface area contributed by atoms with E-state index in [1.807, 2.05) is 48.9 Å². The summed E-state index contributed by atoms with van der Waals surface area (Å²) in [4.78, 5) is 20.1. The third-order valence-electron chi connectivity index (χ3n) is 6.09. The minimum atomic E-state index is -0.208. The van der Waals surface area contributed by atoms with Gasteiger partial charge in [0.15, 0.2) is 5.58 Å². The second-order valence-electron chi connectivity index (χ2n) is 8.09. The molecule has 1 amide bonds. The summed E-state index contributed by atoms with van der Waals surface area (Å²) >= 11 is 0. The van der Waals surface area contributed by atoms with Crippen LogP contribution in [0.15, 0.2) is 65.5 Å². The van der Waals surface area contributed by atoms with Gasteiger partial charge in [-0.2, -0.15) is 0 Å². The van der Waals surface area contributed by atoms with Crippen molar-refractivity contribution in [3.63, 3.8) is 0 Å². The second-order valence-corrected chi connectivity index (χ2v) is 8.09. The minimum Gasteiger partial charge on any atom is -0.436 e. The van der Waals surface area contributed by atoms with E-state index in [-0.39, 0.29) is 5.91 Å². The van der Waals surface area contributed by atoms with Gasteiger partial charge in [-0.05, 0) is 61.4 Å². The van der Waals surface area contributed by atoms with Crippen LogP contribution in [0.25, 0.3) is 33.8 Å². The van der Waals surface area contributed by atoms with Crippen molar-refractivity contribution in [2.45, 2.75) is 38.1 Å². The first kappa shape index (κ1) is 18.6. The third-order valence-corrected chi connectivity index (χ3v) is 6.09. The molecule has 5 rings (SSSR count). The average Bonchev–Trinajstić information content (AvgIpc) is 3.51. The van der Waals surface area contributed by atoms with Crippen molar-refractivity contribution in [2.75, 3.05) is 0 Å². The van der Waals surface area contributed by atoms with E-state index < -0.39 is 0 Å².